The van der Waals surface area contributed by atoms with E-state index in [1.807, 2.05) is 6.92 Å². The Hall–Kier alpha value is -0.890. The van der Waals surface area contributed by atoms with E-state index < -0.39 is 15.6 Å². The van der Waals surface area contributed by atoms with E-state index in [0.717, 1.165) is 4.31 Å². The second-order valence-corrected chi connectivity index (χ2v) is 7.05. The zero-order chi connectivity index (χ0) is 14.7. The molecule has 0 aromatic carbocycles. The summed E-state index contributed by atoms with van der Waals surface area (Å²) in [6, 6.07) is 3.05. The van der Waals surface area contributed by atoms with Gasteiger partial charge in [-0.15, -0.1) is 0 Å². The van der Waals surface area contributed by atoms with Crippen molar-refractivity contribution in [3.63, 3.8) is 0 Å². The minimum atomic E-state index is -3.52. The number of hydrogen-bond donors (Lipinski definition) is 2. The van der Waals surface area contributed by atoms with Crippen molar-refractivity contribution in [3.8, 4) is 0 Å². The number of rotatable bonds is 7. The molecular formula is C12H22N2O4S. The van der Waals surface area contributed by atoms with Crippen LogP contribution in [0, 0.1) is 0 Å². The van der Waals surface area contributed by atoms with E-state index in [1.54, 1.807) is 13.0 Å². The summed E-state index contributed by atoms with van der Waals surface area (Å²) in [5.74, 6) is 0.521. The van der Waals surface area contributed by atoms with Gasteiger partial charge in [-0.25, -0.2) is 12.7 Å². The SMILES string of the molecule is CCC(C)(O)CNCc1ccc(S(=O)(=O)N(C)C)o1. The minimum Gasteiger partial charge on any atom is -0.447 e. The molecule has 110 valence electrons. The summed E-state index contributed by atoms with van der Waals surface area (Å²) in [5, 5.41) is 12.8. The maximum Gasteiger partial charge on any atom is 0.275 e. The largest absolute Gasteiger partial charge is 0.447 e. The average molecular weight is 290 g/mol. The first-order chi connectivity index (χ1) is 8.69. The first kappa shape index (κ1) is 16.2. The summed E-state index contributed by atoms with van der Waals surface area (Å²) in [5.41, 5.74) is -0.773. The summed E-state index contributed by atoms with van der Waals surface area (Å²) in [6.45, 7) is 4.43. The van der Waals surface area contributed by atoms with E-state index in [9.17, 15) is 13.5 Å². The number of furan rings is 1. The summed E-state index contributed by atoms with van der Waals surface area (Å²) < 4.78 is 30.0. The van der Waals surface area contributed by atoms with Crippen molar-refractivity contribution in [3.05, 3.63) is 17.9 Å². The number of hydrogen-bond acceptors (Lipinski definition) is 5. The zero-order valence-corrected chi connectivity index (χ0v) is 12.6. The third-order valence-corrected chi connectivity index (χ3v) is 4.63. The van der Waals surface area contributed by atoms with Crippen LogP contribution in [-0.2, 0) is 16.6 Å². The molecule has 1 atom stereocenters. The molecule has 0 aliphatic rings. The molecule has 0 bridgehead atoms. The lowest BCUT2D eigenvalue weighted by molar-refractivity contribution is 0.0550. The van der Waals surface area contributed by atoms with Gasteiger partial charge in [0.05, 0.1) is 12.1 Å². The Balaban J connectivity index is 2.62. The van der Waals surface area contributed by atoms with Crippen LogP contribution in [0.15, 0.2) is 21.6 Å². The zero-order valence-electron chi connectivity index (χ0n) is 11.8. The number of sulfonamides is 1. The fourth-order valence-electron chi connectivity index (χ4n) is 1.35. The van der Waals surface area contributed by atoms with E-state index in [4.69, 9.17) is 4.42 Å². The fraction of sp³-hybridized carbons (Fsp3) is 0.667. The fourth-order valence-corrected chi connectivity index (χ4v) is 2.16. The number of aliphatic hydroxyl groups is 1. The van der Waals surface area contributed by atoms with Crippen LogP contribution in [-0.4, -0.2) is 44.1 Å². The van der Waals surface area contributed by atoms with Crippen molar-refractivity contribution in [1.82, 2.24) is 9.62 Å². The summed E-state index contributed by atoms with van der Waals surface area (Å²) in [6.07, 6.45) is 0.637. The van der Waals surface area contributed by atoms with E-state index in [2.05, 4.69) is 5.32 Å². The summed E-state index contributed by atoms with van der Waals surface area (Å²) in [7, 11) is -0.619. The number of nitrogens with zero attached hydrogens (tertiary/aromatic N) is 1. The third kappa shape index (κ3) is 4.31. The lowest BCUT2D eigenvalue weighted by atomic mass is 10.0. The van der Waals surface area contributed by atoms with Gasteiger partial charge in [0.15, 0.2) is 0 Å². The monoisotopic (exact) mass is 290 g/mol. The van der Waals surface area contributed by atoms with Gasteiger partial charge in [-0.2, -0.15) is 0 Å². The van der Waals surface area contributed by atoms with Crippen molar-refractivity contribution in [1.29, 1.82) is 0 Å². The average Bonchev–Trinajstić information content (AvgIpc) is 2.78. The van der Waals surface area contributed by atoms with Gasteiger partial charge in [-0.05, 0) is 25.5 Å². The molecule has 1 unspecified atom stereocenters. The molecule has 19 heavy (non-hydrogen) atoms. The van der Waals surface area contributed by atoms with Crippen molar-refractivity contribution in [2.45, 2.75) is 37.5 Å². The molecule has 0 aliphatic heterocycles. The van der Waals surface area contributed by atoms with Gasteiger partial charge in [-0.3, -0.25) is 0 Å². The first-order valence-electron chi connectivity index (χ1n) is 6.13. The van der Waals surface area contributed by atoms with Gasteiger partial charge in [0.25, 0.3) is 10.0 Å². The second kappa shape index (κ2) is 6.04. The normalized spacial score (nSPS) is 15.7. The maximum atomic E-state index is 11.8. The van der Waals surface area contributed by atoms with E-state index in [1.165, 1.54) is 20.2 Å². The van der Waals surface area contributed by atoms with Crippen LogP contribution in [0.5, 0.6) is 0 Å². The summed E-state index contributed by atoms with van der Waals surface area (Å²) in [4.78, 5) is 0. The molecule has 6 nitrogen and oxygen atoms in total. The highest BCUT2D eigenvalue weighted by molar-refractivity contribution is 7.88. The van der Waals surface area contributed by atoms with Gasteiger partial charge in [-0.1, -0.05) is 6.92 Å². The highest BCUT2D eigenvalue weighted by atomic mass is 32.2. The predicted molar refractivity (Wildman–Crippen MR) is 72.2 cm³/mol. The van der Waals surface area contributed by atoms with Crippen molar-refractivity contribution in [2.24, 2.45) is 0 Å². The first-order valence-corrected chi connectivity index (χ1v) is 7.57. The molecule has 0 fully saturated rings. The lowest BCUT2D eigenvalue weighted by Crippen LogP contribution is -2.36. The Kier molecular flexibility index (Phi) is 5.14. The van der Waals surface area contributed by atoms with Crippen molar-refractivity contribution in [2.75, 3.05) is 20.6 Å². The van der Waals surface area contributed by atoms with Crippen molar-refractivity contribution < 1.29 is 17.9 Å². The molecule has 0 aliphatic carbocycles. The topological polar surface area (TPSA) is 82.8 Å². The highest BCUT2D eigenvalue weighted by Crippen LogP contribution is 2.17. The molecule has 7 heteroatoms. The van der Waals surface area contributed by atoms with E-state index in [-0.39, 0.29) is 5.09 Å². The molecule has 0 spiro atoms. The molecule has 1 heterocycles. The highest BCUT2D eigenvalue weighted by Gasteiger charge is 2.22. The molecule has 1 aromatic heterocycles. The van der Waals surface area contributed by atoms with Crippen LogP contribution in [0.4, 0.5) is 0 Å². The van der Waals surface area contributed by atoms with Crippen LogP contribution in [0.25, 0.3) is 0 Å². The van der Waals surface area contributed by atoms with Gasteiger partial charge in [0.2, 0.25) is 5.09 Å². The van der Waals surface area contributed by atoms with Crippen LogP contribution in [0.1, 0.15) is 26.0 Å². The molecule has 0 radical (unpaired) electrons. The molecule has 0 saturated heterocycles. The molecular weight excluding hydrogens is 268 g/mol. The van der Waals surface area contributed by atoms with E-state index >= 15 is 0 Å². The Morgan fingerprint density at radius 3 is 2.58 bits per heavy atom. The van der Waals surface area contributed by atoms with Gasteiger partial charge < -0.3 is 14.8 Å². The summed E-state index contributed by atoms with van der Waals surface area (Å²) >= 11 is 0. The Bertz CT molecular complexity index is 506. The third-order valence-electron chi connectivity index (χ3n) is 2.94. The van der Waals surface area contributed by atoms with Crippen LogP contribution >= 0.6 is 0 Å². The van der Waals surface area contributed by atoms with Crippen LogP contribution in [0.3, 0.4) is 0 Å². The molecule has 1 aromatic rings. The Morgan fingerprint density at radius 1 is 1.42 bits per heavy atom. The minimum absolute atomic E-state index is 0.0726. The smallest absolute Gasteiger partial charge is 0.275 e. The molecule has 1 rings (SSSR count). The Morgan fingerprint density at radius 2 is 2.05 bits per heavy atom. The quantitative estimate of drug-likeness (QED) is 0.775. The standard InChI is InChI=1S/C12H22N2O4S/c1-5-12(2,15)9-13-8-10-6-7-11(18-10)19(16,17)14(3)4/h6-7,13,15H,5,8-9H2,1-4H3. The predicted octanol–water partition coefficient (Wildman–Crippen LogP) is 0.780. The molecule has 0 saturated carbocycles. The van der Waals surface area contributed by atoms with Gasteiger partial charge in [0, 0.05) is 20.6 Å². The molecule has 0 amide bonds. The molecule has 2 N–H and O–H groups in total. The number of nitrogens with one attached hydrogen (secondary N) is 1. The van der Waals surface area contributed by atoms with Gasteiger partial charge >= 0.3 is 0 Å². The van der Waals surface area contributed by atoms with Crippen molar-refractivity contribution >= 4 is 10.0 Å². The van der Waals surface area contributed by atoms with Crippen LogP contribution < -0.4 is 5.32 Å². The van der Waals surface area contributed by atoms with E-state index in [0.29, 0.717) is 25.3 Å². The lowest BCUT2D eigenvalue weighted by Gasteiger charge is -2.21. The maximum absolute atomic E-state index is 11.8. The van der Waals surface area contributed by atoms with Crippen LogP contribution in [0.2, 0.25) is 0 Å². The van der Waals surface area contributed by atoms with Gasteiger partial charge in [0.1, 0.15) is 5.76 Å². The Labute approximate surface area is 114 Å². The second-order valence-electron chi connectivity index (χ2n) is 4.96.